The van der Waals surface area contributed by atoms with Crippen LogP contribution in [0.1, 0.15) is 5.56 Å². The van der Waals surface area contributed by atoms with Crippen molar-refractivity contribution in [3.63, 3.8) is 0 Å². The molecular weight excluding hydrogens is 487 g/mol. The number of aromatic nitrogens is 3. The Hall–Kier alpha value is -3.76. The van der Waals surface area contributed by atoms with E-state index >= 15 is 0 Å². The number of hydrogen-bond donors (Lipinski definition) is 1. The molecule has 0 saturated carbocycles. The van der Waals surface area contributed by atoms with Gasteiger partial charge in [0.1, 0.15) is 21.1 Å². The van der Waals surface area contributed by atoms with Gasteiger partial charge in [-0.15, -0.1) is 11.3 Å². The minimum atomic E-state index is -0.380. The lowest BCUT2D eigenvalue weighted by atomic mass is 10.2. The normalized spacial score (nSPS) is 11.1. The number of hydrogen-bond acceptors (Lipinski definition) is 7. The van der Waals surface area contributed by atoms with E-state index in [-0.39, 0.29) is 29.6 Å². The highest BCUT2D eigenvalue weighted by Gasteiger charge is 2.18. The van der Waals surface area contributed by atoms with Crippen molar-refractivity contribution in [3.05, 3.63) is 88.6 Å². The first-order chi connectivity index (χ1) is 17.0. The van der Waals surface area contributed by atoms with Gasteiger partial charge in [0, 0.05) is 17.3 Å². The molecule has 0 spiro atoms. The summed E-state index contributed by atoms with van der Waals surface area (Å²) < 4.78 is 20.5. The molecule has 3 heterocycles. The molecule has 0 unspecified atom stereocenters. The summed E-state index contributed by atoms with van der Waals surface area (Å²) in [7, 11) is 1.60. The van der Waals surface area contributed by atoms with E-state index in [1.807, 2.05) is 36.4 Å². The first-order valence-electron chi connectivity index (χ1n) is 10.6. The van der Waals surface area contributed by atoms with E-state index in [9.17, 15) is 14.0 Å². The molecule has 7 nitrogen and oxygen atoms in total. The third kappa shape index (κ3) is 4.89. The fraction of sp³-hybridized carbons (Fsp3) is 0.120. The number of methoxy groups -OCH3 is 1. The Morgan fingerprint density at radius 3 is 2.66 bits per heavy atom. The molecule has 0 fully saturated rings. The zero-order chi connectivity index (χ0) is 24.4. The summed E-state index contributed by atoms with van der Waals surface area (Å²) in [5.41, 5.74) is 1.78. The third-order valence-corrected chi connectivity index (χ3v) is 7.35. The van der Waals surface area contributed by atoms with Gasteiger partial charge in [-0.3, -0.25) is 14.2 Å². The van der Waals surface area contributed by atoms with Crippen molar-refractivity contribution >= 4 is 55.1 Å². The number of ether oxygens (including phenoxy) is 1. The van der Waals surface area contributed by atoms with Gasteiger partial charge in [-0.2, -0.15) is 0 Å². The van der Waals surface area contributed by atoms with Crippen LogP contribution in [0, 0.1) is 5.82 Å². The predicted octanol–water partition coefficient (Wildman–Crippen LogP) is 4.93. The van der Waals surface area contributed by atoms with Crippen LogP contribution in [0.2, 0.25) is 0 Å². The summed E-state index contributed by atoms with van der Waals surface area (Å²) in [5, 5.41) is 3.97. The Morgan fingerprint density at radius 1 is 1.14 bits per heavy atom. The zero-order valence-electron chi connectivity index (χ0n) is 18.5. The van der Waals surface area contributed by atoms with Crippen LogP contribution < -0.4 is 15.6 Å². The molecule has 2 aromatic carbocycles. The molecule has 5 aromatic rings. The van der Waals surface area contributed by atoms with Crippen molar-refractivity contribution < 1.29 is 13.9 Å². The maximum Gasteiger partial charge on any atom is 0.272 e. The van der Waals surface area contributed by atoms with Crippen molar-refractivity contribution in [1.29, 1.82) is 0 Å². The molecule has 3 aromatic heterocycles. The lowest BCUT2D eigenvalue weighted by Gasteiger charge is -2.13. The molecule has 0 aliphatic carbocycles. The van der Waals surface area contributed by atoms with Crippen LogP contribution in [0.5, 0.6) is 5.75 Å². The molecule has 10 heteroatoms. The van der Waals surface area contributed by atoms with Crippen LogP contribution in [0.25, 0.3) is 20.4 Å². The van der Waals surface area contributed by atoms with Gasteiger partial charge in [0.05, 0.1) is 24.9 Å². The van der Waals surface area contributed by atoms with Crippen LogP contribution in [0.4, 0.5) is 10.1 Å². The molecule has 0 atom stereocenters. The fourth-order valence-electron chi connectivity index (χ4n) is 3.56. The van der Waals surface area contributed by atoms with Crippen molar-refractivity contribution in [2.45, 2.75) is 11.7 Å². The smallest absolute Gasteiger partial charge is 0.272 e. The van der Waals surface area contributed by atoms with Crippen LogP contribution in [-0.4, -0.2) is 33.3 Å². The van der Waals surface area contributed by atoms with E-state index in [4.69, 9.17) is 9.72 Å². The molecular formula is C25H19FN4O3S2. The summed E-state index contributed by atoms with van der Waals surface area (Å²) in [6.45, 7) is 0.287. The number of fused-ring (bicyclic) bond motifs is 3. The largest absolute Gasteiger partial charge is 0.497 e. The van der Waals surface area contributed by atoms with Crippen molar-refractivity contribution in [3.8, 4) is 5.75 Å². The number of carbonyl (C=O) groups is 1. The van der Waals surface area contributed by atoms with Gasteiger partial charge in [-0.1, -0.05) is 23.9 Å². The maximum absolute atomic E-state index is 13.5. The second-order valence-electron chi connectivity index (χ2n) is 7.61. The first kappa shape index (κ1) is 23.0. The third-order valence-electron chi connectivity index (χ3n) is 5.28. The summed E-state index contributed by atoms with van der Waals surface area (Å²) >= 11 is 2.48. The van der Waals surface area contributed by atoms with E-state index in [0.717, 1.165) is 21.5 Å². The number of nitrogens with one attached hydrogen (secondary N) is 1. The predicted molar refractivity (Wildman–Crippen MR) is 137 cm³/mol. The van der Waals surface area contributed by atoms with Gasteiger partial charge in [-0.25, -0.2) is 14.4 Å². The topological polar surface area (TPSA) is 86.1 Å². The van der Waals surface area contributed by atoms with Crippen molar-refractivity contribution in [2.24, 2.45) is 0 Å². The summed E-state index contributed by atoms with van der Waals surface area (Å²) in [6, 6.07) is 16.7. The van der Waals surface area contributed by atoms with E-state index in [1.165, 1.54) is 47.4 Å². The Balaban J connectivity index is 1.49. The van der Waals surface area contributed by atoms with Gasteiger partial charge in [0.2, 0.25) is 5.91 Å². The molecule has 0 aliphatic rings. The second-order valence-corrected chi connectivity index (χ2v) is 9.55. The number of halogens is 1. The van der Waals surface area contributed by atoms with Gasteiger partial charge in [0.15, 0.2) is 5.16 Å². The highest BCUT2D eigenvalue weighted by Crippen LogP contribution is 2.30. The molecule has 0 radical (unpaired) electrons. The van der Waals surface area contributed by atoms with Gasteiger partial charge in [-0.05, 0) is 54.1 Å². The summed E-state index contributed by atoms with van der Waals surface area (Å²) in [4.78, 5) is 36.0. The number of anilines is 1. The molecule has 0 bridgehead atoms. The second kappa shape index (κ2) is 9.85. The number of thiophene rings is 1. The van der Waals surface area contributed by atoms with Crippen LogP contribution in [-0.2, 0) is 11.3 Å². The Bertz CT molecular complexity index is 1580. The Labute approximate surface area is 207 Å². The van der Waals surface area contributed by atoms with Crippen LogP contribution in [0.15, 0.2) is 76.8 Å². The van der Waals surface area contributed by atoms with Crippen molar-refractivity contribution in [1.82, 2.24) is 14.5 Å². The van der Waals surface area contributed by atoms with Gasteiger partial charge >= 0.3 is 0 Å². The number of nitrogens with zero attached hydrogens (tertiary/aromatic N) is 3. The van der Waals surface area contributed by atoms with Gasteiger partial charge < -0.3 is 10.1 Å². The minimum absolute atomic E-state index is 0.0260. The molecule has 0 aliphatic heterocycles. The average Bonchev–Trinajstić information content (AvgIpc) is 3.25. The van der Waals surface area contributed by atoms with Gasteiger partial charge in [0.25, 0.3) is 5.56 Å². The highest BCUT2D eigenvalue weighted by molar-refractivity contribution is 7.99. The van der Waals surface area contributed by atoms with Crippen molar-refractivity contribution in [2.75, 3.05) is 18.2 Å². The lowest BCUT2D eigenvalue weighted by Crippen LogP contribution is -2.24. The maximum atomic E-state index is 13.5. The number of amides is 1. The van der Waals surface area contributed by atoms with E-state index in [0.29, 0.717) is 21.1 Å². The highest BCUT2D eigenvalue weighted by atomic mass is 32.2. The van der Waals surface area contributed by atoms with Crippen LogP contribution >= 0.6 is 23.1 Å². The first-order valence-corrected chi connectivity index (χ1v) is 12.4. The summed E-state index contributed by atoms with van der Waals surface area (Å²) in [6.07, 6.45) is 1.68. The molecule has 1 N–H and O–H groups in total. The number of benzene rings is 2. The number of carbonyl (C=O) groups excluding carboxylic acids is 1. The van der Waals surface area contributed by atoms with E-state index in [2.05, 4.69) is 10.3 Å². The molecule has 35 heavy (non-hydrogen) atoms. The lowest BCUT2D eigenvalue weighted by molar-refractivity contribution is -0.113. The Kier molecular flexibility index (Phi) is 6.47. The monoisotopic (exact) mass is 506 g/mol. The zero-order valence-corrected chi connectivity index (χ0v) is 20.2. The van der Waals surface area contributed by atoms with E-state index in [1.54, 1.807) is 17.9 Å². The quantitative estimate of drug-likeness (QED) is 0.249. The van der Waals surface area contributed by atoms with E-state index < -0.39 is 0 Å². The van der Waals surface area contributed by atoms with Crippen LogP contribution in [0.3, 0.4) is 0 Å². The average molecular weight is 507 g/mol. The Morgan fingerprint density at radius 2 is 1.91 bits per heavy atom. The summed E-state index contributed by atoms with van der Waals surface area (Å²) in [5.74, 6) is 0.0779. The standard InChI is InChI=1S/C25H19FN4O3S2/c1-33-18-10-4-15(5-11-18)13-30-24(32)22-21(19-3-2-12-27-23(19)35-22)29-25(30)34-14-20(31)28-17-8-6-16(26)7-9-17/h2-12H,13-14H2,1H3,(H,28,31). The molecule has 0 saturated heterocycles. The number of thioether (sulfide) groups is 1. The fourth-order valence-corrected chi connectivity index (χ4v) is 5.39. The number of rotatable bonds is 7. The molecule has 1 amide bonds. The molecule has 176 valence electrons. The molecule has 5 rings (SSSR count). The number of pyridine rings is 1. The minimum Gasteiger partial charge on any atom is -0.497 e. The SMILES string of the molecule is COc1ccc(Cn2c(SCC(=O)Nc3ccc(F)cc3)nc3c(sc4ncccc43)c2=O)cc1.